The number of carbonyl (C=O) groups excluding carboxylic acids is 2. The second-order valence-corrected chi connectivity index (χ2v) is 9.61. The van der Waals surface area contributed by atoms with Gasteiger partial charge in [-0.1, -0.05) is 29.3 Å². The summed E-state index contributed by atoms with van der Waals surface area (Å²) in [5, 5.41) is 24.5. The molecule has 162 valence electrons. The number of carbonyl (C=O) groups is 2. The van der Waals surface area contributed by atoms with E-state index in [2.05, 4.69) is 16.3 Å². The monoisotopic (exact) mass is 468 g/mol. The number of amides is 2. The van der Waals surface area contributed by atoms with Crippen LogP contribution in [0.2, 0.25) is 10.0 Å². The molecular formula is C23H18Cl2N4O3. The van der Waals surface area contributed by atoms with E-state index < -0.39 is 23.6 Å². The molecule has 5 unspecified atom stereocenters. The number of rotatable bonds is 1. The molecule has 0 aliphatic carbocycles. The van der Waals surface area contributed by atoms with E-state index in [0.717, 1.165) is 12.8 Å². The van der Waals surface area contributed by atoms with E-state index in [9.17, 15) is 20.0 Å². The van der Waals surface area contributed by atoms with E-state index in [4.69, 9.17) is 23.2 Å². The zero-order valence-electron chi connectivity index (χ0n) is 16.8. The summed E-state index contributed by atoms with van der Waals surface area (Å²) in [5.74, 6) is -2.08. The highest BCUT2D eigenvalue weighted by molar-refractivity contribution is 6.37. The molecule has 32 heavy (non-hydrogen) atoms. The third-order valence-electron chi connectivity index (χ3n) is 7.43. The molecule has 4 aliphatic rings. The molecule has 5 atom stereocenters. The van der Waals surface area contributed by atoms with E-state index in [0.29, 0.717) is 39.1 Å². The molecule has 2 N–H and O–H groups in total. The van der Waals surface area contributed by atoms with Crippen LogP contribution in [0.3, 0.4) is 0 Å². The van der Waals surface area contributed by atoms with Gasteiger partial charge in [-0.3, -0.25) is 14.5 Å². The van der Waals surface area contributed by atoms with Crippen molar-refractivity contribution in [3.63, 3.8) is 0 Å². The molecule has 0 radical (unpaired) electrons. The van der Waals surface area contributed by atoms with E-state index in [-0.39, 0.29) is 17.9 Å². The number of halogens is 2. The first-order valence-electron chi connectivity index (χ1n) is 10.5. The smallest absolute Gasteiger partial charge is 0.240 e. The molecule has 2 aromatic rings. The molecular weight excluding hydrogens is 451 g/mol. The van der Waals surface area contributed by atoms with Gasteiger partial charge in [0, 0.05) is 16.6 Å². The van der Waals surface area contributed by atoms with Crippen LogP contribution < -0.4 is 10.2 Å². The molecule has 2 amide bonds. The van der Waals surface area contributed by atoms with Gasteiger partial charge >= 0.3 is 0 Å². The summed E-state index contributed by atoms with van der Waals surface area (Å²) in [7, 11) is 0. The minimum atomic E-state index is -1.15. The van der Waals surface area contributed by atoms with Gasteiger partial charge < -0.3 is 10.4 Å². The molecule has 1 spiro atoms. The molecule has 6 rings (SSSR count). The summed E-state index contributed by atoms with van der Waals surface area (Å²) in [6.07, 6.45) is 0.480. The number of anilines is 2. The van der Waals surface area contributed by atoms with Crippen LogP contribution in [0.25, 0.3) is 0 Å². The minimum Gasteiger partial charge on any atom is -0.371 e. The molecule has 0 saturated carbocycles. The van der Waals surface area contributed by atoms with Crippen molar-refractivity contribution in [3.05, 3.63) is 57.6 Å². The van der Waals surface area contributed by atoms with Crippen LogP contribution in [0.15, 0.2) is 36.4 Å². The Morgan fingerprint density at radius 1 is 1.19 bits per heavy atom. The Bertz CT molecular complexity index is 1240. The highest BCUT2D eigenvalue weighted by Crippen LogP contribution is 2.62. The van der Waals surface area contributed by atoms with Crippen molar-refractivity contribution in [2.75, 3.05) is 16.8 Å². The summed E-state index contributed by atoms with van der Waals surface area (Å²) in [6.45, 7) is 0.657. The lowest BCUT2D eigenvalue weighted by atomic mass is 9.75. The predicted octanol–water partition coefficient (Wildman–Crippen LogP) is 3.09. The average Bonchev–Trinajstić information content (AvgIpc) is 3.47. The first kappa shape index (κ1) is 20.0. The van der Waals surface area contributed by atoms with Crippen LogP contribution in [-0.2, 0) is 15.1 Å². The van der Waals surface area contributed by atoms with Gasteiger partial charge in [0.2, 0.25) is 11.8 Å². The molecule has 2 aromatic carbocycles. The third kappa shape index (κ3) is 2.28. The molecule has 0 bridgehead atoms. The number of fused-ring (bicyclic) bond motifs is 7. The number of aliphatic hydroxyl groups excluding tert-OH is 1. The normalized spacial score (nSPS) is 32.8. The molecule has 3 fully saturated rings. The molecule has 9 heteroatoms. The standard InChI is InChI=1S/C23H18Cl2N4O3/c24-12-8-14-19(15(25)9-12)27-22(32)23(14)18-17(16-5-2-6-28(16)23)20(30)29(21(18)31)13-4-1-3-11(7-13)10-26/h1,3-4,7-9,16-18,22,27,32H,2,5-6H2. The van der Waals surface area contributed by atoms with Crippen LogP contribution in [0.1, 0.15) is 24.0 Å². The van der Waals surface area contributed by atoms with E-state index in [1.165, 1.54) is 4.90 Å². The quantitative estimate of drug-likeness (QED) is 0.624. The lowest BCUT2D eigenvalue weighted by Crippen LogP contribution is -2.56. The second kappa shape index (κ2) is 6.69. The van der Waals surface area contributed by atoms with E-state index in [1.807, 2.05) is 0 Å². The minimum absolute atomic E-state index is 0.180. The van der Waals surface area contributed by atoms with Crippen molar-refractivity contribution in [1.82, 2.24) is 4.90 Å². The number of aliphatic hydroxyl groups is 1. The Labute approximate surface area is 194 Å². The zero-order valence-corrected chi connectivity index (χ0v) is 18.3. The first-order chi connectivity index (χ1) is 15.4. The fourth-order valence-electron chi connectivity index (χ4n) is 6.39. The highest BCUT2D eigenvalue weighted by atomic mass is 35.5. The van der Waals surface area contributed by atoms with E-state index >= 15 is 0 Å². The van der Waals surface area contributed by atoms with Gasteiger partial charge in [0.05, 0.1) is 39.9 Å². The van der Waals surface area contributed by atoms with Crippen LogP contribution in [-0.4, -0.2) is 40.6 Å². The Hall–Kier alpha value is -2.63. The van der Waals surface area contributed by atoms with Gasteiger partial charge in [-0.05, 0) is 49.7 Å². The van der Waals surface area contributed by atoms with Gasteiger partial charge in [0.1, 0.15) is 11.8 Å². The van der Waals surface area contributed by atoms with Gasteiger partial charge in [-0.2, -0.15) is 5.26 Å². The second-order valence-electron chi connectivity index (χ2n) is 8.76. The van der Waals surface area contributed by atoms with Crippen LogP contribution in [0.4, 0.5) is 11.4 Å². The van der Waals surface area contributed by atoms with Crippen molar-refractivity contribution >= 4 is 46.4 Å². The number of hydrogen-bond donors (Lipinski definition) is 2. The van der Waals surface area contributed by atoms with Gasteiger partial charge in [0.15, 0.2) is 0 Å². The van der Waals surface area contributed by atoms with Crippen LogP contribution in [0.5, 0.6) is 0 Å². The van der Waals surface area contributed by atoms with Gasteiger partial charge in [0.25, 0.3) is 0 Å². The lowest BCUT2D eigenvalue weighted by Gasteiger charge is -2.41. The average molecular weight is 469 g/mol. The lowest BCUT2D eigenvalue weighted by molar-refractivity contribution is -0.127. The maximum Gasteiger partial charge on any atom is 0.240 e. The SMILES string of the molecule is N#Cc1cccc(N2C(=O)C3C4CCCN4C4(c5cc(Cl)cc(Cl)c5NC4O)C3C2=O)c1. The summed E-state index contributed by atoms with van der Waals surface area (Å²) < 4.78 is 0. The van der Waals surface area contributed by atoms with Crippen molar-refractivity contribution in [2.45, 2.75) is 30.7 Å². The first-order valence-corrected chi connectivity index (χ1v) is 11.2. The topological polar surface area (TPSA) is 96.7 Å². The number of hydrogen-bond acceptors (Lipinski definition) is 6. The Kier molecular flexibility index (Phi) is 4.18. The maximum atomic E-state index is 13.9. The predicted molar refractivity (Wildman–Crippen MR) is 118 cm³/mol. The number of imide groups is 1. The van der Waals surface area contributed by atoms with Crippen molar-refractivity contribution in [1.29, 1.82) is 5.26 Å². The van der Waals surface area contributed by atoms with Crippen molar-refractivity contribution < 1.29 is 14.7 Å². The van der Waals surface area contributed by atoms with Crippen LogP contribution in [0, 0.1) is 23.2 Å². The highest BCUT2D eigenvalue weighted by Gasteiger charge is 2.74. The fraction of sp³-hybridized carbons (Fsp3) is 0.348. The summed E-state index contributed by atoms with van der Waals surface area (Å²) >= 11 is 12.8. The summed E-state index contributed by atoms with van der Waals surface area (Å²) in [5.41, 5.74) is 0.779. The number of nitrogens with zero attached hydrogens (tertiary/aromatic N) is 3. The van der Waals surface area contributed by atoms with Gasteiger partial charge in [-0.15, -0.1) is 0 Å². The molecule has 7 nitrogen and oxygen atoms in total. The molecule has 4 aliphatic heterocycles. The third-order valence-corrected chi connectivity index (χ3v) is 7.95. The Morgan fingerprint density at radius 2 is 2.00 bits per heavy atom. The maximum absolute atomic E-state index is 13.9. The summed E-state index contributed by atoms with van der Waals surface area (Å²) in [4.78, 5) is 30.9. The number of nitriles is 1. The molecule has 0 aromatic heterocycles. The number of benzene rings is 2. The fourth-order valence-corrected chi connectivity index (χ4v) is 6.94. The largest absolute Gasteiger partial charge is 0.371 e. The van der Waals surface area contributed by atoms with Crippen molar-refractivity contribution in [2.24, 2.45) is 11.8 Å². The zero-order chi connectivity index (χ0) is 22.4. The molecule has 3 saturated heterocycles. The Balaban J connectivity index is 1.56. The molecule has 4 heterocycles. The van der Waals surface area contributed by atoms with Crippen molar-refractivity contribution in [3.8, 4) is 6.07 Å². The van der Waals surface area contributed by atoms with Crippen LogP contribution >= 0.6 is 23.2 Å². The number of nitrogens with one attached hydrogen (secondary N) is 1. The van der Waals surface area contributed by atoms with Gasteiger partial charge in [-0.25, -0.2) is 4.90 Å². The van der Waals surface area contributed by atoms with E-state index in [1.54, 1.807) is 36.4 Å². The summed E-state index contributed by atoms with van der Waals surface area (Å²) in [6, 6.07) is 11.7. The Morgan fingerprint density at radius 3 is 2.78 bits per heavy atom.